The molecular formula is C14H26N2O2S. The number of urea groups is 1. The van der Waals surface area contributed by atoms with E-state index >= 15 is 0 Å². The highest BCUT2D eigenvalue weighted by Gasteiger charge is 2.42. The summed E-state index contributed by atoms with van der Waals surface area (Å²) < 4.78 is 5.13. The second kappa shape index (κ2) is 6.84. The minimum absolute atomic E-state index is 0.00893. The van der Waals surface area contributed by atoms with E-state index in [2.05, 4.69) is 16.9 Å². The van der Waals surface area contributed by atoms with E-state index in [0.29, 0.717) is 16.7 Å². The molecule has 2 rings (SSSR count). The van der Waals surface area contributed by atoms with Crippen LogP contribution in [0.1, 0.15) is 38.5 Å². The Kier molecular flexibility index (Phi) is 5.39. The SMILES string of the molecule is COCCC1(CNC(=O)NC2CCCC2SC)CC1. The van der Waals surface area contributed by atoms with E-state index in [4.69, 9.17) is 4.74 Å². The van der Waals surface area contributed by atoms with Crippen molar-refractivity contribution in [2.24, 2.45) is 5.41 Å². The maximum atomic E-state index is 11.9. The molecule has 2 amide bonds. The van der Waals surface area contributed by atoms with Gasteiger partial charge in [0, 0.05) is 31.6 Å². The molecule has 19 heavy (non-hydrogen) atoms. The van der Waals surface area contributed by atoms with Crippen molar-refractivity contribution in [3.63, 3.8) is 0 Å². The minimum Gasteiger partial charge on any atom is -0.385 e. The highest BCUT2D eigenvalue weighted by atomic mass is 32.2. The average molecular weight is 286 g/mol. The van der Waals surface area contributed by atoms with E-state index in [9.17, 15) is 4.79 Å². The smallest absolute Gasteiger partial charge is 0.315 e. The fourth-order valence-electron chi connectivity index (χ4n) is 2.87. The molecule has 0 bridgehead atoms. The second-order valence-electron chi connectivity index (χ2n) is 5.88. The quantitative estimate of drug-likeness (QED) is 0.755. The van der Waals surface area contributed by atoms with E-state index < -0.39 is 0 Å². The summed E-state index contributed by atoms with van der Waals surface area (Å²) in [7, 11) is 1.73. The molecule has 2 fully saturated rings. The van der Waals surface area contributed by atoms with Crippen molar-refractivity contribution in [3.8, 4) is 0 Å². The molecular weight excluding hydrogens is 260 g/mol. The lowest BCUT2D eigenvalue weighted by Gasteiger charge is -2.21. The zero-order valence-electron chi connectivity index (χ0n) is 12.0. The van der Waals surface area contributed by atoms with Crippen molar-refractivity contribution in [2.75, 3.05) is 26.5 Å². The number of rotatable bonds is 7. The maximum Gasteiger partial charge on any atom is 0.315 e. The zero-order chi connectivity index (χ0) is 13.7. The van der Waals surface area contributed by atoms with Gasteiger partial charge in [-0.25, -0.2) is 4.79 Å². The third-order valence-corrected chi connectivity index (χ3v) is 5.66. The molecule has 110 valence electrons. The Labute approximate surface area is 120 Å². The molecule has 2 aliphatic carbocycles. The summed E-state index contributed by atoms with van der Waals surface area (Å²) in [4.78, 5) is 11.9. The molecule has 0 radical (unpaired) electrons. The van der Waals surface area contributed by atoms with Gasteiger partial charge in [0.05, 0.1) is 0 Å². The predicted octanol–water partition coefficient (Wildman–Crippen LogP) is 2.39. The summed E-state index contributed by atoms with van der Waals surface area (Å²) in [5, 5.41) is 6.78. The Morgan fingerprint density at radius 2 is 2.21 bits per heavy atom. The lowest BCUT2D eigenvalue weighted by atomic mass is 10.0. The van der Waals surface area contributed by atoms with Crippen LogP contribution in [0.15, 0.2) is 0 Å². The average Bonchev–Trinajstić information content (AvgIpc) is 3.06. The van der Waals surface area contributed by atoms with Crippen molar-refractivity contribution in [3.05, 3.63) is 0 Å². The molecule has 2 unspecified atom stereocenters. The molecule has 5 heteroatoms. The van der Waals surface area contributed by atoms with Crippen molar-refractivity contribution in [2.45, 2.75) is 49.8 Å². The van der Waals surface area contributed by atoms with Crippen molar-refractivity contribution in [1.29, 1.82) is 0 Å². The molecule has 0 aromatic heterocycles. The Bertz CT molecular complexity index is 308. The normalized spacial score (nSPS) is 28.1. The van der Waals surface area contributed by atoms with Crippen LogP contribution in [0.5, 0.6) is 0 Å². The molecule has 0 saturated heterocycles. The minimum atomic E-state index is 0.00893. The maximum absolute atomic E-state index is 11.9. The van der Waals surface area contributed by atoms with Gasteiger partial charge in [-0.15, -0.1) is 0 Å². The third-order valence-electron chi connectivity index (χ3n) is 4.49. The number of hydrogen-bond acceptors (Lipinski definition) is 3. The van der Waals surface area contributed by atoms with Gasteiger partial charge in [-0.1, -0.05) is 6.42 Å². The molecule has 0 aromatic carbocycles. The fourth-order valence-corrected chi connectivity index (χ4v) is 3.81. The summed E-state index contributed by atoms with van der Waals surface area (Å²) >= 11 is 1.87. The van der Waals surface area contributed by atoms with E-state index in [-0.39, 0.29) is 6.03 Å². The molecule has 0 spiro atoms. The van der Waals surface area contributed by atoms with Gasteiger partial charge in [-0.2, -0.15) is 11.8 Å². The first kappa shape index (κ1) is 15.0. The number of carbonyl (C=O) groups excluding carboxylic acids is 1. The summed E-state index contributed by atoms with van der Waals surface area (Å²) in [6.07, 6.45) is 9.19. The Hall–Kier alpha value is -0.420. The lowest BCUT2D eigenvalue weighted by molar-refractivity contribution is 0.171. The van der Waals surface area contributed by atoms with Crippen molar-refractivity contribution < 1.29 is 9.53 Å². The van der Waals surface area contributed by atoms with Crippen LogP contribution in [0.2, 0.25) is 0 Å². The van der Waals surface area contributed by atoms with Crippen molar-refractivity contribution in [1.82, 2.24) is 10.6 Å². The fraction of sp³-hybridized carbons (Fsp3) is 0.929. The summed E-state index contributed by atoms with van der Waals surface area (Å²) in [5.41, 5.74) is 0.321. The number of hydrogen-bond donors (Lipinski definition) is 2. The highest BCUT2D eigenvalue weighted by molar-refractivity contribution is 7.99. The van der Waals surface area contributed by atoms with Crippen LogP contribution in [0.4, 0.5) is 4.79 Å². The standard InChI is InChI=1S/C14H26N2O2S/c1-18-9-8-14(6-7-14)10-15-13(17)16-11-4-3-5-12(11)19-2/h11-12H,3-10H2,1-2H3,(H2,15,16,17). The first-order valence-corrected chi connectivity index (χ1v) is 8.54. The summed E-state index contributed by atoms with van der Waals surface area (Å²) in [6.45, 7) is 1.58. The van der Waals surface area contributed by atoms with Gasteiger partial charge in [0.25, 0.3) is 0 Å². The number of nitrogens with one attached hydrogen (secondary N) is 2. The molecule has 4 nitrogen and oxygen atoms in total. The molecule has 0 heterocycles. The van der Waals surface area contributed by atoms with Gasteiger partial charge in [0.15, 0.2) is 0 Å². The van der Waals surface area contributed by atoms with Gasteiger partial charge in [0.2, 0.25) is 0 Å². The van der Waals surface area contributed by atoms with Gasteiger partial charge in [0.1, 0.15) is 0 Å². The molecule has 2 aliphatic rings. The van der Waals surface area contributed by atoms with E-state index in [1.54, 1.807) is 7.11 Å². The number of carbonyl (C=O) groups is 1. The van der Waals surface area contributed by atoms with Crippen LogP contribution >= 0.6 is 11.8 Å². The lowest BCUT2D eigenvalue weighted by Crippen LogP contribution is -2.46. The molecule has 2 N–H and O–H groups in total. The van der Waals surface area contributed by atoms with Gasteiger partial charge >= 0.3 is 6.03 Å². The Balaban J connectivity index is 1.67. The third kappa shape index (κ3) is 4.28. The largest absolute Gasteiger partial charge is 0.385 e. The number of methoxy groups -OCH3 is 1. The number of thioether (sulfide) groups is 1. The van der Waals surface area contributed by atoms with E-state index in [1.807, 2.05) is 11.8 Å². The first-order chi connectivity index (χ1) is 9.19. The van der Waals surface area contributed by atoms with Crippen LogP contribution in [0.25, 0.3) is 0 Å². The van der Waals surface area contributed by atoms with Crippen LogP contribution in [-0.4, -0.2) is 43.8 Å². The van der Waals surface area contributed by atoms with E-state index in [0.717, 1.165) is 26.0 Å². The monoisotopic (exact) mass is 286 g/mol. The first-order valence-electron chi connectivity index (χ1n) is 7.25. The summed E-state index contributed by atoms with van der Waals surface area (Å²) in [5.74, 6) is 0. The molecule has 0 aliphatic heterocycles. The predicted molar refractivity (Wildman–Crippen MR) is 79.6 cm³/mol. The van der Waals surface area contributed by atoms with E-state index in [1.165, 1.54) is 25.7 Å². The van der Waals surface area contributed by atoms with Crippen LogP contribution in [-0.2, 0) is 4.74 Å². The topological polar surface area (TPSA) is 50.4 Å². The number of ether oxygens (including phenoxy) is 1. The van der Waals surface area contributed by atoms with Crippen molar-refractivity contribution >= 4 is 17.8 Å². The highest BCUT2D eigenvalue weighted by Crippen LogP contribution is 2.48. The molecule has 2 atom stereocenters. The molecule has 2 saturated carbocycles. The van der Waals surface area contributed by atoms with Gasteiger partial charge in [-0.3, -0.25) is 0 Å². The van der Waals surface area contributed by atoms with Gasteiger partial charge in [-0.05, 0) is 43.8 Å². The second-order valence-corrected chi connectivity index (χ2v) is 6.96. The molecule has 0 aromatic rings. The Morgan fingerprint density at radius 3 is 2.84 bits per heavy atom. The van der Waals surface area contributed by atoms with Crippen LogP contribution in [0.3, 0.4) is 0 Å². The van der Waals surface area contributed by atoms with Crippen LogP contribution < -0.4 is 10.6 Å². The van der Waals surface area contributed by atoms with Crippen LogP contribution in [0, 0.1) is 5.41 Å². The number of amides is 2. The Morgan fingerprint density at radius 1 is 1.42 bits per heavy atom. The zero-order valence-corrected chi connectivity index (χ0v) is 12.9. The summed E-state index contributed by atoms with van der Waals surface area (Å²) in [6, 6.07) is 0.360. The van der Waals surface area contributed by atoms with Gasteiger partial charge < -0.3 is 15.4 Å².